The third kappa shape index (κ3) is 3.95. The molecule has 2 heterocycles. The molecule has 3 aliphatic rings. The van der Waals surface area contributed by atoms with Crippen LogP contribution in [0.15, 0.2) is 194 Å². The fourth-order valence-electron chi connectivity index (χ4n) is 11.8. The van der Waals surface area contributed by atoms with Crippen molar-refractivity contribution in [2.45, 2.75) is 19.3 Å². The molecule has 0 radical (unpaired) electrons. The fraction of sp³-hybridized carbons (Fsp3) is 0.0526. The maximum atomic E-state index is 2.60. The fourth-order valence-corrected chi connectivity index (χ4v) is 17.4. The van der Waals surface area contributed by atoms with Crippen LogP contribution >= 0.6 is 0 Å². The van der Waals surface area contributed by atoms with E-state index in [9.17, 15) is 0 Å². The van der Waals surface area contributed by atoms with Crippen LogP contribution in [-0.4, -0.2) is 8.07 Å². The van der Waals surface area contributed by atoms with E-state index in [0.717, 1.165) is 0 Å². The van der Waals surface area contributed by atoms with E-state index in [0.29, 0.717) is 0 Å². The Kier molecular flexibility index (Phi) is 6.35. The molecule has 2 aliphatic heterocycles. The highest BCUT2D eigenvalue weighted by Gasteiger charge is 2.53. The molecular weight excluding hydrogens is 713 g/mol. The van der Waals surface area contributed by atoms with Gasteiger partial charge in [0.1, 0.15) is 0 Å². The molecule has 0 unspecified atom stereocenters. The van der Waals surface area contributed by atoms with Crippen molar-refractivity contribution < 1.29 is 0 Å². The molecule has 0 bridgehead atoms. The Bertz CT molecular complexity index is 3320. The summed E-state index contributed by atoms with van der Waals surface area (Å²) in [7, 11) is -2.58. The van der Waals surface area contributed by atoms with E-state index in [1.807, 2.05) is 0 Å². The Labute approximate surface area is 339 Å². The molecular formula is C57H38Si. The molecule has 1 aliphatic carbocycles. The highest BCUT2D eigenvalue weighted by atomic mass is 28.3. The Morgan fingerprint density at radius 1 is 0.328 bits per heavy atom. The third-order valence-electron chi connectivity index (χ3n) is 14.0. The number of benzene rings is 10. The zero-order chi connectivity index (χ0) is 38.3. The summed E-state index contributed by atoms with van der Waals surface area (Å²) in [5.74, 6) is 0. The first-order valence-electron chi connectivity index (χ1n) is 20.6. The van der Waals surface area contributed by atoms with E-state index in [4.69, 9.17) is 0 Å². The molecule has 0 amide bonds. The Morgan fingerprint density at radius 2 is 0.741 bits per heavy atom. The van der Waals surface area contributed by atoms with Crippen LogP contribution in [0.1, 0.15) is 25.0 Å². The largest absolute Gasteiger partial charge is 0.182 e. The van der Waals surface area contributed by atoms with Gasteiger partial charge in [-0.2, -0.15) is 0 Å². The number of hydrogen-bond acceptors (Lipinski definition) is 0. The first-order valence-corrected chi connectivity index (χ1v) is 22.6. The van der Waals surface area contributed by atoms with Crippen LogP contribution in [0.3, 0.4) is 0 Å². The molecule has 0 fully saturated rings. The minimum Gasteiger partial charge on any atom is -0.0623 e. The summed E-state index contributed by atoms with van der Waals surface area (Å²) < 4.78 is 0. The van der Waals surface area contributed by atoms with E-state index in [1.54, 1.807) is 0 Å². The number of hydrogen-bond donors (Lipinski definition) is 0. The zero-order valence-corrected chi connectivity index (χ0v) is 33.5. The molecule has 10 aromatic carbocycles. The van der Waals surface area contributed by atoms with Crippen molar-refractivity contribution in [3.05, 3.63) is 205 Å². The summed E-state index contributed by atoms with van der Waals surface area (Å²) in [5, 5.41) is 13.9. The van der Waals surface area contributed by atoms with Crippen LogP contribution in [0.5, 0.6) is 0 Å². The second-order valence-electron chi connectivity index (χ2n) is 17.1. The lowest BCUT2D eigenvalue weighted by atomic mass is 9.79. The highest BCUT2D eigenvalue weighted by Crippen LogP contribution is 2.53. The van der Waals surface area contributed by atoms with Crippen molar-refractivity contribution in [1.29, 1.82) is 0 Å². The van der Waals surface area contributed by atoms with E-state index in [1.165, 1.54) is 120 Å². The maximum Gasteiger partial charge on any atom is 0.182 e. The lowest BCUT2D eigenvalue weighted by Gasteiger charge is -2.28. The van der Waals surface area contributed by atoms with Crippen LogP contribution < -0.4 is 20.7 Å². The van der Waals surface area contributed by atoms with Crippen LogP contribution in [0.25, 0.3) is 88.0 Å². The molecule has 58 heavy (non-hydrogen) atoms. The summed E-state index contributed by atoms with van der Waals surface area (Å²) in [6.45, 7) is 4.83. The van der Waals surface area contributed by atoms with Crippen LogP contribution in [-0.2, 0) is 5.41 Å². The minimum atomic E-state index is -2.58. The quantitative estimate of drug-likeness (QED) is 0.122. The van der Waals surface area contributed by atoms with Crippen molar-refractivity contribution in [3.63, 3.8) is 0 Å². The molecule has 0 aromatic heterocycles. The van der Waals surface area contributed by atoms with Gasteiger partial charge in [-0.1, -0.05) is 202 Å². The van der Waals surface area contributed by atoms with Gasteiger partial charge in [0, 0.05) is 5.41 Å². The van der Waals surface area contributed by atoms with Gasteiger partial charge in [-0.15, -0.1) is 0 Å². The molecule has 0 N–H and O–H groups in total. The van der Waals surface area contributed by atoms with E-state index >= 15 is 0 Å². The molecule has 1 spiro atoms. The van der Waals surface area contributed by atoms with Gasteiger partial charge in [0.2, 0.25) is 0 Å². The van der Waals surface area contributed by atoms with Gasteiger partial charge in [-0.05, 0) is 126 Å². The highest BCUT2D eigenvalue weighted by molar-refractivity contribution is 7.24. The number of fused-ring (bicyclic) bond motifs is 17. The summed E-state index contributed by atoms with van der Waals surface area (Å²) >= 11 is 0. The normalized spacial score (nSPS) is 14.7. The monoisotopic (exact) mass is 750 g/mol. The Balaban J connectivity index is 1.06. The lowest BCUT2D eigenvalue weighted by molar-refractivity contribution is 0.666. The summed E-state index contributed by atoms with van der Waals surface area (Å²) in [6, 6.07) is 74.3. The van der Waals surface area contributed by atoms with Crippen LogP contribution in [0.4, 0.5) is 0 Å². The topological polar surface area (TPSA) is 0 Å². The number of rotatable bonds is 2. The van der Waals surface area contributed by atoms with E-state index in [2.05, 4.69) is 208 Å². The first-order chi connectivity index (χ1) is 28.5. The molecule has 0 saturated heterocycles. The third-order valence-corrected chi connectivity index (χ3v) is 19.0. The predicted molar refractivity (Wildman–Crippen MR) is 249 cm³/mol. The second kappa shape index (κ2) is 11.4. The standard InChI is InChI=1S/C57H38Si/c1-57(2)49-33-36(28-30-39(49)48-32-27-35-15-3-4-16-38(35)56(48)57)54-44-20-5-7-22-46(44)55(47-23-8-6-21-45(47)54)37-29-31-43-42-19-11-14-26-52(42)58(53(43)34-37)50-24-12-9-17-40(50)41-18-10-13-25-51(41)58/h3-34H,1-2H3. The molecule has 10 aromatic rings. The zero-order valence-electron chi connectivity index (χ0n) is 32.5. The van der Waals surface area contributed by atoms with Crippen molar-refractivity contribution >= 4 is 61.1 Å². The Hall–Kier alpha value is -6.80. The maximum absolute atomic E-state index is 2.60. The Morgan fingerprint density at radius 3 is 1.29 bits per heavy atom. The van der Waals surface area contributed by atoms with Gasteiger partial charge >= 0.3 is 0 Å². The average molecular weight is 751 g/mol. The molecule has 0 nitrogen and oxygen atoms in total. The summed E-state index contributed by atoms with van der Waals surface area (Å²) in [4.78, 5) is 0. The summed E-state index contributed by atoms with van der Waals surface area (Å²) in [5.41, 5.74) is 16.2. The van der Waals surface area contributed by atoms with Gasteiger partial charge < -0.3 is 0 Å². The van der Waals surface area contributed by atoms with Gasteiger partial charge in [0.05, 0.1) is 0 Å². The average Bonchev–Trinajstić information content (AvgIpc) is 3.83. The molecule has 0 saturated carbocycles. The van der Waals surface area contributed by atoms with Crippen molar-refractivity contribution in [2.24, 2.45) is 0 Å². The molecule has 0 atom stereocenters. The van der Waals surface area contributed by atoms with E-state index in [-0.39, 0.29) is 5.41 Å². The minimum absolute atomic E-state index is 0.133. The van der Waals surface area contributed by atoms with Crippen LogP contribution in [0.2, 0.25) is 0 Å². The molecule has 270 valence electrons. The van der Waals surface area contributed by atoms with E-state index < -0.39 is 8.07 Å². The van der Waals surface area contributed by atoms with Crippen molar-refractivity contribution in [1.82, 2.24) is 0 Å². The molecule has 1 heteroatoms. The van der Waals surface area contributed by atoms with Gasteiger partial charge in [-0.3, -0.25) is 0 Å². The summed E-state index contributed by atoms with van der Waals surface area (Å²) in [6.07, 6.45) is 0. The van der Waals surface area contributed by atoms with Gasteiger partial charge in [0.15, 0.2) is 8.07 Å². The van der Waals surface area contributed by atoms with Crippen LogP contribution in [0, 0.1) is 0 Å². The smallest absolute Gasteiger partial charge is 0.0623 e. The second-order valence-corrected chi connectivity index (χ2v) is 20.7. The van der Waals surface area contributed by atoms with Gasteiger partial charge in [-0.25, -0.2) is 0 Å². The lowest BCUT2D eigenvalue weighted by Crippen LogP contribution is -2.70. The van der Waals surface area contributed by atoms with Gasteiger partial charge in [0.25, 0.3) is 0 Å². The molecule has 13 rings (SSSR count). The van der Waals surface area contributed by atoms with Crippen molar-refractivity contribution in [2.75, 3.05) is 0 Å². The van der Waals surface area contributed by atoms with Crippen molar-refractivity contribution in [3.8, 4) is 55.6 Å². The first kappa shape index (κ1) is 32.3. The predicted octanol–water partition coefficient (Wildman–Crippen LogP) is 12.1. The SMILES string of the molecule is CC1(C)c2cc(-c3c4ccccc4c(-c4ccc5c(c4)[Si]4(c6ccccc6-c6ccccc64)c4ccccc4-5)c4ccccc34)ccc2-c2ccc3ccccc3c21.